The zero-order valence-electron chi connectivity index (χ0n) is 14.6. The average molecular weight is 381 g/mol. The first-order valence-electron chi connectivity index (χ1n) is 8.88. The Kier molecular flexibility index (Phi) is 8.13. The van der Waals surface area contributed by atoms with E-state index in [9.17, 15) is 14.7 Å². The molecule has 142 valence electrons. The topological polar surface area (TPSA) is 83.8 Å². The summed E-state index contributed by atoms with van der Waals surface area (Å²) < 4.78 is 5.79. The van der Waals surface area contributed by atoms with Crippen molar-refractivity contribution in [3.8, 4) is 5.75 Å². The molecule has 2 rings (SSSR count). The highest BCUT2D eigenvalue weighted by atomic mass is 35.5. The number of alkyl halides is 1. The van der Waals surface area contributed by atoms with Gasteiger partial charge in [0.15, 0.2) is 0 Å². The van der Waals surface area contributed by atoms with Gasteiger partial charge in [-0.3, -0.25) is 9.59 Å². The quantitative estimate of drug-likeness (QED) is 0.280. The van der Waals surface area contributed by atoms with E-state index in [1.165, 1.54) is 0 Å². The number of aliphatic hydroxyl groups is 1. The van der Waals surface area contributed by atoms with Crippen LogP contribution in [0.1, 0.15) is 42.5 Å². The first-order valence-corrected chi connectivity index (χ1v) is 9.32. The standard InChI is InChI=1S/C20H25ClO5/c21-18-11-19(23)17(13-26-15-9-7-14(12-22)8-10-15)16(18)5-3-1-2-4-6-20(24)25/h1,3,7-10,12,16-19,23H,2,4-6,11,13H2,(H,24,25)/b3-1-/t16-,17-,18+,19-/m1/s1. The highest BCUT2D eigenvalue weighted by Crippen LogP contribution is 2.39. The van der Waals surface area contributed by atoms with Crippen molar-refractivity contribution in [1.29, 1.82) is 0 Å². The summed E-state index contributed by atoms with van der Waals surface area (Å²) in [5.41, 5.74) is 0.588. The molecule has 0 saturated heterocycles. The van der Waals surface area contributed by atoms with Crippen molar-refractivity contribution in [3.05, 3.63) is 42.0 Å². The average Bonchev–Trinajstić information content (AvgIpc) is 2.89. The van der Waals surface area contributed by atoms with E-state index in [1.54, 1.807) is 24.3 Å². The van der Waals surface area contributed by atoms with Gasteiger partial charge in [0, 0.05) is 23.3 Å². The minimum atomic E-state index is -0.781. The van der Waals surface area contributed by atoms with Crippen LogP contribution in [-0.2, 0) is 4.79 Å². The molecule has 0 unspecified atom stereocenters. The summed E-state index contributed by atoms with van der Waals surface area (Å²) in [7, 11) is 0. The maximum Gasteiger partial charge on any atom is 0.303 e. The third-order valence-corrected chi connectivity index (χ3v) is 5.27. The molecule has 0 aromatic heterocycles. The van der Waals surface area contributed by atoms with Crippen LogP contribution in [0.15, 0.2) is 36.4 Å². The number of carbonyl (C=O) groups excluding carboxylic acids is 1. The Morgan fingerprint density at radius 1 is 1.23 bits per heavy atom. The smallest absolute Gasteiger partial charge is 0.303 e. The predicted octanol–water partition coefficient (Wildman–Crippen LogP) is 3.68. The van der Waals surface area contributed by atoms with Crippen LogP contribution in [0.2, 0.25) is 0 Å². The van der Waals surface area contributed by atoms with Gasteiger partial charge in [0.2, 0.25) is 0 Å². The van der Waals surface area contributed by atoms with Crippen molar-refractivity contribution in [2.24, 2.45) is 11.8 Å². The third-order valence-electron chi connectivity index (χ3n) is 4.77. The lowest BCUT2D eigenvalue weighted by Gasteiger charge is -2.22. The molecule has 0 amide bonds. The molecular weight excluding hydrogens is 356 g/mol. The van der Waals surface area contributed by atoms with Crippen LogP contribution in [0.3, 0.4) is 0 Å². The van der Waals surface area contributed by atoms with Gasteiger partial charge >= 0.3 is 5.97 Å². The van der Waals surface area contributed by atoms with E-state index in [2.05, 4.69) is 0 Å². The van der Waals surface area contributed by atoms with E-state index < -0.39 is 12.1 Å². The van der Waals surface area contributed by atoms with Gasteiger partial charge in [-0.15, -0.1) is 11.6 Å². The molecule has 5 nitrogen and oxygen atoms in total. The number of halogens is 1. The molecule has 2 N–H and O–H groups in total. The van der Waals surface area contributed by atoms with Crippen LogP contribution in [0.25, 0.3) is 0 Å². The Morgan fingerprint density at radius 3 is 2.62 bits per heavy atom. The first kappa shape index (κ1) is 20.5. The van der Waals surface area contributed by atoms with Crippen molar-refractivity contribution in [2.45, 2.75) is 43.6 Å². The molecule has 1 aromatic rings. The van der Waals surface area contributed by atoms with Gasteiger partial charge in [0.05, 0.1) is 12.7 Å². The number of allylic oxidation sites excluding steroid dienone is 2. The molecule has 1 fully saturated rings. The Labute approximate surface area is 158 Å². The molecule has 1 aromatic carbocycles. The van der Waals surface area contributed by atoms with E-state index in [4.69, 9.17) is 21.4 Å². The maximum absolute atomic E-state index is 10.7. The van der Waals surface area contributed by atoms with Crippen molar-refractivity contribution >= 4 is 23.9 Å². The second-order valence-electron chi connectivity index (χ2n) is 6.64. The molecule has 26 heavy (non-hydrogen) atoms. The number of carboxylic acid groups (broad SMARTS) is 1. The summed E-state index contributed by atoms with van der Waals surface area (Å²) in [5.74, 6) is -0.0798. The first-order chi connectivity index (χ1) is 12.5. The highest BCUT2D eigenvalue weighted by Gasteiger charge is 2.41. The predicted molar refractivity (Wildman–Crippen MR) is 99.8 cm³/mol. The van der Waals surface area contributed by atoms with Gasteiger partial charge in [0.1, 0.15) is 12.0 Å². The maximum atomic E-state index is 10.7. The Balaban J connectivity index is 1.84. The van der Waals surface area contributed by atoms with Crippen LogP contribution < -0.4 is 4.74 Å². The SMILES string of the molecule is O=Cc1ccc(OC[C@@H]2[C@@H](C/C=C\CCCC(=O)O)[C@@H](Cl)C[C@H]2O)cc1. The molecule has 6 heteroatoms. The number of aldehydes is 1. The van der Waals surface area contributed by atoms with Crippen LogP contribution in [0.4, 0.5) is 0 Å². The molecule has 0 aliphatic heterocycles. The van der Waals surface area contributed by atoms with E-state index >= 15 is 0 Å². The van der Waals surface area contributed by atoms with Gasteiger partial charge in [-0.2, -0.15) is 0 Å². The zero-order chi connectivity index (χ0) is 18.9. The number of carboxylic acids is 1. The molecule has 1 aliphatic carbocycles. The molecule has 0 spiro atoms. The van der Waals surface area contributed by atoms with Gasteiger partial charge in [-0.25, -0.2) is 0 Å². The van der Waals surface area contributed by atoms with Crippen molar-refractivity contribution in [2.75, 3.05) is 6.61 Å². The number of hydrogen-bond donors (Lipinski definition) is 2. The number of hydrogen-bond acceptors (Lipinski definition) is 4. The van der Waals surface area contributed by atoms with E-state index in [0.717, 1.165) is 19.1 Å². The summed E-state index contributed by atoms with van der Waals surface area (Å²) >= 11 is 6.40. The number of carbonyl (C=O) groups is 2. The third kappa shape index (κ3) is 6.15. The fraction of sp³-hybridized carbons (Fsp3) is 0.500. The molecule has 0 radical (unpaired) electrons. The highest BCUT2D eigenvalue weighted by molar-refractivity contribution is 6.21. The van der Waals surface area contributed by atoms with Crippen molar-refractivity contribution in [1.82, 2.24) is 0 Å². The Hall–Kier alpha value is -1.85. The van der Waals surface area contributed by atoms with Crippen LogP contribution in [0.5, 0.6) is 5.75 Å². The normalized spacial score (nSPS) is 25.5. The number of rotatable bonds is 10. The van der Waals surface area contributed by atoms with E-state index in [0.29, 0.717) is 30.8 Å². The minimum Gasteiger partial charge on any atom is -0.493 e. The molecule has 0 bridgehead atoms. The zero-order valence-corrected chi connectivity index (χ0v) is 15.3. The largest absolute Gasteiger partial charge is 0.493 e. The summed E-state index contributed by atoms with van der Waals surface area (Å²) in [4.78, 5) is 21.2. The summed E-state index contributed by atoms with van der Waals surface area (Å²) in [6, 6.07) is 6.85. The molecule has 1 saturated carbocycles. The van der Waals surface area contributed by atoms with Gasteiger partial charge in [0.25, 0.3) is 0 Å². The molecule has 1 aliphatic rings. The van der Waals surface area contributed by atoms with Gasteiger partial charge in [-0.1, -0.05) is 12.2 Å². The molecule has 4 atom stereocenters. The lowest BCUT2D eigenvalue weighted by Crippen LogP contribution is -2.27. The number of ether oxygens (including phenoxy) is 1. The second-order valence-corrected chi connectivity index (χ2v) is 7.20. The van der Waals surface area contributed by atoms with Crippen LogP contribution in [-0.4, -0.2) is 40.6 Å². The van der Waals surface area contributed by atoms with Crippen molar-refractivity contribution in [3.63, 3.8) is 0 Å². The van der Waals surface area contributed by atoms with Crippen LogP contribution >= 0.6 is 11.6 Å². The van der Waals surface area contributed by atoms with Gasteiger partial charge in [-0.05, 0) is 55.9 Å². The number of benzene rings is 1. The van der Waals surface area contributed by atoms with Crippen LogP contribution in [0, 0.1) is 11.8 Å². The van der Waals surface area contributed by atoms with E-state index in [-0.39, 0.29) is 23.6 Å². The minimum absolute atomic E-state index is 0.0630. The Bertz CT molecular complexity index is 613. The molecular formula is C20H25ClO5. The summed E-state index contributed by atoms with van der Waals surface area (Å²) in [5, 5.41) is 18.8. The number of unbranched alkanes of at least 4 members (excludes halogenated alkanes) is 1. The monoisotopic (exact) mass is 380 g/mol. The number of aliphatic hydroxyl groups excluding tert-OH is 1. The summed E-state index contributed by atoms with van der Waals surface area (Å²) in [6.07, 6.45) is 7.06. The lowest BCUT2D eigenvalue weighted by molar-refractivity contribution is -0.137. The second kappa shape index (κ2) is 10.3. The fourth-order valence-electron chi connectivity index (χ4n) is 3.27. The van der Waals surface area contributed by atoms with Crippen molar-refractivity contribution < 1.29 is 24.5 Å². The Morgan fingerprint density at radius 2 is 1.96 bits per heavy atom. The van der Waals surface area contributed by atoms with E-state index in [1.807, 2.05) is 12.2 Å². The molecule has 0 heterocycles. The number of aliphatic carboxylic acids is 1. The lowest BCUT2D eigenvalue weighted by atomic mass is 9.92. The van der Waals surface area contributed by atoms with Gasteiger partial charge < -0.3 is 14.9 Å². The fourth-order valence-corrected chi connectivity index (χ4v) is 3.74. The summed E-state index contributed by atoms with van der Waals surface area (Å²) in [6.45, 7) is 0.363.